The zero-order chi connectivity index (χ0) is 22.1. The molecule has 0 radical (unpaired) electrons. The van der Waals surface area contributed by atoms with Crippen molar-refractivity contribution >= 4 is 46.4 Å². The van der Waals surface area contributed by atoms with Crippen LogP contribution in [0.25, 0.3) is 5.57 Å². The summed E-state index contributed by atoms with van der Waals surface area (Å²) in [6.07, 6.45) is 0. The van der Waals surface area contributed by atoms with Crippen LogP contribution >= 0.6 is 23.4 Å². The Labute approximate surface area is 190 Å². The third-order valence-electron chi connectivity index (χ3n) is 5.05. The highest BCUT2D eigenvalue weighted by atomic mass is 35.5. The summed E-state index contributed by atoms with van der Waals surface area (Å²) in [7, 11) is 1.52. The Kier molecular flexibility index (Phi) is 5.90. The summed E-state index contributed by atoms with van der Waals surface area (Å²) in [5.74, 6) is -0.252. The van der Waals surface area contributed by atoms with E-state index >= 15 is 0 Å². The van der Waals surface area contributed by atoms with Crippen LogP contribution in [0.4, 0.5) is 5.69 Å². The molecule has 0 bridgehead atoms. The first-order valence-electron chi connectivity index (χ1n) is 9.68. The van der Waals surface area contributed by atoms with Gasteiger partial charge in [0.05, 0.1) is 28.3 Å². The van der Waals surface area contributed by atoms with Crippen LogP contribution in [0.2, 0.25) is 5.02 Å². The van der Waals surface area contributed by atoms with E-state index in [1.54, 1.807) is 18.2 Å². The number of methoxy groups -OCH3 is 1. The summed E-state index contributed by atoms with van der Waals surface area (Å²) in [4.78, 5) is 29.5. The minimum Gasteiger partial charge on any atom is -0.495 e. The van der Waals surface area contributed by atoms with Gasteiger partial charge in [0.25, 0.3) is 11.8 Å². The lowest BCUT2D eigenvalue weighted by Gasteiger charge is -2.16. The molecule has 1 heterocycles. The number of imide groups is 1. The van der Waals surface area contributed by atoms with Crippen LogP contribution in [0.3, 0.4) is 0 Å². The molecule has 156 valence electrons. The van der Waals surface area contributed by atoms with E-state index < -0.39 is 0 Å². The van der Waals surface area contributed by atoms with Crippen LogP contribution in [0, 0.1) is 13.8 Å². The predicted molar refractivity (Wildman–Crippen MR) is 126 cm³/mol. The van der Waals surface area contributed by atoms with Crippen molar-refractivity contribution in [2.75, 3.05) is 12.0 Å². The van der Waals surface area contributed by atoms with E-state index in [-0.39, 0.29) is 11.8 Å². The van der Waals surface area contributed by atoms with Crippen molar-refractivity contribution in [2.45, 2.75) is 18.7 Å². The number of anilines is 1. The molecule has 0 spiro atoms. The summed E-state index contributed by atoms with van der Waals surface area (Å²) in [6.45, 7) is 3.95. The molecule has 0 saturated heterocycles. The molecule has 0 fully saturated rings. The molecule has 3 aromatic rings. The normalized spacial score (nSPS) is 13.9. The van der Waals surface area contributed by atoms with Gasteiger partial charge in [-0.2, -0.15) is 0 Å². The number of amides is 2. The van der Waals surface area contributed by atoms with Crippen molar-refractivity contribution in [3.63, 3.8) is 0 Å². The summed E-state index contributed by atoms with van der Waals surface area (Å²) < 4.78 is 5.20. The lowest BCUT2D eigenvalue weighted by atomic mass is 9.99. The minimum absolute atomic E-state index is 0.331. The SMILES string of the molecule is COc1ccc(N2C(=O)C(Sc3ccccc3)=C(c3ccc(C)cc3C)C2=O)cc1Cl. The van der Waals surface area contributed by atoms with Crippen LogP contribution in [0.15, 0.2) is 76.5 Å². The van der Waals surface area contributed by atoms with Gasteiger partial charge in [0.1, 0.15) is 5.75 Å². The van der Waals surface area contributed by atoms with Gasteiger partial charge in [-0.1, -0.05) is 65.3 Å². The molecule has 0 N–H and O–H groups in total. The van der Waals surface area contributed by atoms with Gasteiger partial charge in [-0.05, 0) is 55.3 Å². The van der Waals surface area contributed by atoms with Gasteiger partial charge in [-0.15, -0.1) is 0 Å². The monoisotopic (exact) mass is 449 g/mol. The first-order chi connectivity index (χ1) is 14.9. The second kappa shape index (κ2) is 8.61. The van der Waals surface area contributed by atoms with Crippen LogP contribution in [-0.4, -0.2) is 18.9 Å². The third kappa shape index (κ3) is 3.99. The van der Waals surface area contributed by atoms with Gasteiger partial charge < -0.3 is 4.74 Å². The lowest BCUT2D eigenvalue weighted by molar-refractivity contribution is -0.119. The fourth-order valence-electron chi connectivity index (χ4n) is 3.57. The topological polar surface area (TPSA) is 46.6 Å². The molecule has 0 aromatic heterocycles. The number of carbonyl (C=O) groups is 2. The number of halogens is 1. The quantitative estimate of drug-likeness (QED) is 0.445. The average molecular weight is 450 g/mol. The smallest absolute Gasteiger partial charge is 0.272 e. The Hall–Kier alpha value is -3.02. The van der Waals surface area contributed by atoms with E-state index in [2.05, 4.69) is 0 Å². The molecule has 0 atom stereocenters. The third-order valence-corrected chi connectivity index (χ3v) is 6.44. The number of thioether (sulfide) groups is 1. The maximum absolute atomic E-state index is 13.6. The number of nitrogens with zero attached hydrogens (tertiary/aromatic N) is 1. The molecule has 2 amide bonds. The van der Waals surface area contributed by atoms with E-state index in [9.17, 15) is 9.59 Å². The zero-order valence-corrected chi connectivity index (χ0v) is 18.9. The summed E-state index contributed by atoms with van der Waals surface area (Å²) in [5.41, 5.74) is 3.60. The first kappa shape index (κ1) is 21.2. The fourth-order valence-corrected chi connectivity index (χ4v) is 4.83. The standard InChI is InChI=1S/C25H20ClNO3S/c1-15-9-11-19(16(2)13-15)22-23(31-18-7-5-4-6-8-18)25(29)27(24(22)28)17-10-12-21(30-3)20(26)14-17/h4-14H,1-3H3. The van der Waals surface area contributed by atoms with Gasteiger partial charge in [-0.3, -0.25) is 9.59 Å². The average Bonchev–Trinajstić information content (AvgIpc) is 2.98. The molecule has 31 heavy (non-hydrogen) atoms. The van der Waals surface area contributed by atoms with E-state index in [1.807, 2.05) is 62.4 Å². The Morgan fingerprint density at radius 3 is 2.29 bits per heavy atom. The number of carbonyl (C=O) groups excluding carboxylic acids is 2. The second-order valence-electron chi connectivity index (χ2n) is 7.20. The van der Waals surface area contributed by atoms with Gasteiger partial charge in [0, 0.05) is 4.90 Å². The van der Waals surface area contributed by atoms with Gasteiger partial charge in [-0.25, -0.2) is 4.90 Å². The van der Waals surface area contributed by atoms with Gasteiger partial charge in [0.2, 0.25) is 0 Å². The van der Waals surface area contributed by atoms with Crippen molar-refractivity contribution in [1.29, 1.82) is 0 Å². The molecule has 4 rings (SSSR count). The van der Waals surface area contributed by atoms with E-state index in [4.69, 9.17) is 16.3 Å². The van der Waals surface area contributed by atoms with Crippen LogP contribution in [-0.2, 0) is 9.59 Å². The van der Waals surface area contributed by atoms with Gasteiger partial charge >= 0.3 is 0 Å². The summed E-state index contributed by atoms with van der Waals surface area (Å²) in [6, 6.07) is 20.3. The molecular weight excluding hydrogens is 430 g/mol. The number of hydrogen-bond donors (Lipinski definition) is 0. The van der Waals surface area contributed by atoms with Crippen molar-refractivity contribution in [2.24, 2.45) is 0 Å². The molecule has 0 aliphatic carbocycles. The maximum atomic E-state index is 13.6. The second-order valence-corrected chi connectivity index (χ2v) is 8.69. The Balaban J connectivity index is 1.85. The molecule has 1 aliphatic heterocycles. The number of benzene rings is 3. The van der Waals surface area contributed by atoms with E-state index in [0.717, 1.165) is 21.6 Å². The molecule has 0 unspecified atom stereocenters. The van der Waals surface area contributed by atoms with Crippen molar-refractivity contribution in [3.05, 3.63) is 93.3 Å². The molecule has 6 heteroatoms. The van der Waals surface area contributed by atoms with Crippen LogP contribution in [0.5, 0.6) is 5.75 Å². The minimum atomic E-state index is -0.366. The maximum Gasteiger partial charge on any atom is 0.272 e. The van der Waals surface area contributed by atoms with E-state index in [1.165, 1.54) is 23.8 Å². The molecule has 4 nitrogen and oxygen atoms in total. The number of aryl methyl sites for hydroxylation is 2. The van der Waals surface area contributed by atoms with Crippen molar-refractivity contribution < 1.29 is 14.3 Å². The molecular formula is C25H20ClNO3S. The van der Waals surface area contributed by atoms with Crippen LogP contribution < -0.4 is 9.64 Å². The highest BCUT2D eigenvalue weighted by molar-refractivity contribution is 8.04. The summed E-state index contributed by atoms with van der Waals surface area (Å²) in [5, 5.41) is 0.331. The molecule has 1 aliphatic rings. The summed E-state index contributed by atoms with van der Waals surface area (Å²) >= 11 is 7.57. The Morgan fingerprint density at radius 2 is 1.65 bits per heavy atom. The van der Waals surface area contributed by atoms with Crippen molar-refractivity contribution in [3.8, 4) is 5.75 Å². The molecule has 3 aromatic carbocycles. The first-order valence-corrected chi connectivity index (χ1v) is 10.9. The number of ether oxygens (including phenoxy) is 1. The number of hydrogen-bond acceptors (Lipinski definition) is 4. The fraction of sp³-hybridized carbons (Fsp3) is 0.120. The van der Waals surface area contributed by atoms with Gasteiger partial charge in [0.15, 0.2) is 0 Å². The molecule has 0 saturated carbocycles. The van der Waals surface area contributed by atoms with E-state index in [0.29, 0.717) is 26.9 Å². The largest absolute Gasteiger partial charge is 0.495 e. The highest BCUT2D eigenvalue weighted by Gasteiger charge is 2.41. The predicted octanol–water partition coefficient (Wildman–Crippen LogP) is 6.04. The number of rotatable bonds is 5. The highest BCUT2D eigenvalue weighted by Crippen LogP contribution is 2.43. The van der Waals surface area contributed by atoms with Crippen LogP contribution in [0.1, 0.15) is 16.7 Å². The Bertz CT molecular complexity index is 1220. The lowest BCUT2D eigenvalue weighted by Crippen LogP contribution is -2.31. The zero-order valence-electron chi connectivity index (χ0n) is 17.3. The Morgan fingerprint density at radius 1 is 0.903 bits per heavy atom. The van der Waals surface area contributed by atoms with Crippen molar-refractivity contribution in [1.82, 2.24) is 0 Å².